The van der Waals surface area contributed by atoms with Crippen molar-refractivity contribution in [2.75, 3.05) is 11.6 Å². The van der Waals surface area contributed by atoms with Crippen LogP contribution < -0.4 is 10.9 Å². The molecular formula is C12H9F2N3O2S. The fraction of sp³-hybridized carbons (Fsp3) is 0.0833. The number of hydrogen-bond acceptors (Lipinski definition) is 4. The molecule has 1 amide bonds. The Bertz CT molecular complexity index is 698. The molecule has 0 saturated heterocycles. The molecule has 1 aromatic carbocycles. The number of amides is 1. The number of halogens is 2. The second-order valence-electron chi connectivity index (χ2n) is 3.69. The van der Waals surface area contributed by atoms with Gasteiger partial charge in [-0.3, -0.25) is 9.59 Å². The number of para-hydroxylation sites is 1. The van der Waals surface area contributed by atoms with Crippen molar-refractivity contribution in [1.29, 1.82) is 0 Å². The first-order chi connectivity index (χ1) is 9.52. The molecule has 0 spiro atoms. The maximum absolute atomic E-state index is 13.4. The van der Waals surface area contributed by atoms with E-state index in [-0.39, 0.29) is 5.56 Å². The van der Waals surface area contributed by atoms with E-state index in [4.69, 9.17) is 0 Å². The molecule has 104 valence electrons. The lowest BCUT2D eigenvalue weighted by Gasteiger charge is -2.07. The Kier molecular flexibility index (Phi) is 4.14. The van der Waals surface area contributed by atoms with E-state index >= 15 is 0 Å². The van der Waals surface area contributed by atoms with Gasteiger partial charge in [-0.2, -0.15) is 0 Å². The minimum Gasteiger partial charge on any atom is -0.317 e. The van der Waals surface area contributed by atoms with Crippen LogP contribution in [-0.4, -0.2) is 22.1 Å². The number of carbonyl (C=O) groups excluding carboxylic acids is 1. The van der Waals surface area contributed by atoms with Crippen molar-refractivity contribution in [3.63, 3.8) is 0 Å². The fourth-order valence-corrected chi connectivity index (χ4v) is 1.79. The van der Waals surface area contributed by atoms with Crippen molar-refractivity contribution < 1.29 is 13.6 Å². The molecule has 1 aromatic heterocycles. The Morgan fingerprint density at radius 2 is 2.00 bits per heavy atom. The van der Waals surface area contributed by atoms with Crippen molar-refractivity contribution in [2.24, 2.45) is 0 Å². The van der Waals surface area contributed by atoms with Gasteiger partial charge in [0.25, 0.3) is 11.5 Å². The van der Waals surface area contributed by atoms with E-state index in [1.54, 1.807) is 6.26 Å². The normalized spacial score (nSPS) is 10.3. The Hall–Kier alpha value is -2.22. The Balaban J connectivity index is 2.31. The van der Waals surface area contributed by atoms with Crippen LogP contribution in [0.15, 0.2) is 34.3 Å². The van der Waals surface area contributed by atoms with Crippen LogP contribution in [-0.2, 0) is 0 Å². The number of anilines is 1. The molecule has 0 saturated carbocycles. The summed E-state index contributed by atoms with van der Waals surface area (Å²) in [5, 5.41) is 2.35. The van der Waals surface area contributed by atoms with Gasteiger partial charge >= 0.3 is 0 Å². The maximum atomic E-state index is 13.4. The molecule has 0 aliphatic heterocycles. The molecule has 0 aliphatic carbocycles. The number of nitrogens with zero attached hydrogens (tertiary/aromatic N) is 1. The molecule has 0 atom stereocenters. The van der Waals surface area contributed by atoms with Crippen LogP contribution in [0, 0.1) is 11.6 Å². The van der Waals surface area contributed by atoms with Gasteiger partial charge < -0.3 is 10.3 Å². The van der Waals surface area contributed by atoms with Gasteiger partial charge in [0.2, 0.25) is 0 Å². The average Bonchev–Trinajstić information content (AvgIpc) is 2.42. The van der Waals surface area contributed by atoms with Crippen LogP contribution >= 0.6 is 11.8 Å². The number of H-pyrrole nitrogens is 1. The first-order valence-corrected chi connectivity index (χ1v) is 6.64. The molecule has 0 unspecified atom stereocenters. The highest BCUT2D eigenvalue weighted by Gasteiger charge is 2.16. The number of thioether (sulfide) groups is 1. The van der Waals surface area contributed by atoms with Gasteiger partial charge in [-0.05, 0) is 18.4 Å². The highest BCUT2D eigenvalue weighted by molar-refractivity contribution is 7.98. The van der Waals surface area contributed by atoms with Gasteiger partial charge in [-0.25, -0.2) is 13.8 Å². The molecule has 1 heterocycles. The summed E-state index contributed by atoms with van der Waals surface area (Å²) >= 11 is 1.19. The zero-order chi connectivity index (χ0) is 14.7. The van der Waals surface area contributed by atoms with E-state index < -0.39 is 28.8 Å². The quantitative estimate of drug-likeness (QED) is 0.671. The van der Waals surface area contributed by atoms with Crippen LogP contribution in [0.3, 0.4) is 0 Å². The average molecular weight is 297 g/mol. The van der Waals surface area contributed by atoms with Gasteiger partial charge in [0.05, 0.1) is 0 Å². The molecule has 2 N–H and O–H groups in total. The summed E-state index contributed by atoms with van der Waals surface area (Å²) < 4.78 is 26.8. The van der Waals surface area contributed by atoms with E-state index in [0.29, 0.717) is 5.16 Å². The van der Waals surface area contributed by atoms with E-state index in [2.05, 4.69) is 9.97 Å². The number of benzene rings is 1. The highest BCUT2D eigenvalue weighted by atomic mass is 32.2. The van der Waals surface area contributed by atoms with Crippen LogP contribution in [0.1, 0.15) is 10.4 Å². The molecule has 20 heavy (non-hydrogen) atoms. The number of aromatic amines is 1. The van der Waals surface area contributed by atoms with Gasteiger partial charge in [0.15, 0.2) is 5.16 Å². The van der Waals surface area contributed by atoms with Crippen molar-refractivity contribution in [3.8, 4) is 0 Å². The highest BCUT2D eigenvalue weighted by Crippen LogP contribution is 2.18. The topological polar surface area (TPSA) is 74.8 Å². The summed E-state index contributed by atoms with van der Waals surface area (Å²) in [6.07, 6.45) is 2.76. The predicted molar refractivity (Wildman–Crippen MR) is 70.9 cm³/mol. The molecule has 2 aromatic rings. The molecule has 2 rings (SSSR count). The van der Waals surface area contributed by atoms with Crippen LogP contribution in [0.5, 0.6) is 0 Å². The zero-order valence-corrected chi connectivity index (χ0v) is 11.1. The van der Waals surface area contributed by atoms with Gasteiger partial charge in [-0.15, -0.1) is 0 Å². The lowest BCUT2D eigenvalue weighted by molar-refractivity contribution is 0.102. The van der Waals surface area contributed by atoms with Crippen LogP contribution in [0.4, 0.5) is 14.5 Å². The number of aromatic nitrogens is 2. The summed E-state index contributed by atoms with van der Waals surface area (Å²) in [6, 6.07) is 3.16. The number of nitrogens with one attached hydrogen (secondary N) is 2. The monoisotopic (exact) mass is 297 g/mol. The Morgan fingerprint density at radius 1 is 1.35 bits per heavy atom. The van der Waals surface area contributed by atoms with Crippen LogP contribution in [0.25, 0.3) is 0 Å². The molecule has 0 fully saturated rings. The zero-order valence-electron chi connectivity index (χ0n) is 10.2. The molecule has 0 aliphatic rings. The third-order valence-electron chi connectivity index (χ3n) is 2.42. The second kappa shape index (κ2) is 5.83. The lowest BCUT2D eigenvalue weighted by Crippen LogP contribution is -2.24. The van der Waals surface area contributed by atoms with E-state index in [0.717, 1.165) is 18.3 Å². The summed E-state index contributed by atoms with van der Waals surface area (Å²) in [5.74, 6) is -2.79. The lowest BCUT2D eigenvalue weighted by atomic mass is 10.2. The third-order valence-corrected chi connectivity index (χ3v) is 3.01. The second-order valence-corrected chi connectivity index (χ2v) is 4.48. The van der Waals surface area contributed by atoms with Crippen molar-refractivity contribution >= 4 is 23.4 Å². The molecule has 0 radical (unpaired) electrons. The van der Waals surface area contributed by atoms with Gasteiger partial charge in [0, 0.05) is 6.20 Å². The molecule has 8 heteroatoms. The van der Waals surface area contributed by atoms with Gasteiger partial charge in [-0.1, -0.05) is 17.8 Å². The molecule has 5 nitrogen and oxygen atoms in total. The number of carbonyl (C=O) groups is 1. The largest absolute Gasteiger partial charge is 0.317 e. The minimum atomic E-state index is -0.935. The van der Waals surface area contributed by atoms with Gasteiger partial charge in [0.1, 0.15) is 22.9 Å². The SMILES string of the molecule is CSc1ncc(C(=O)Nc2c(F)cccc2F)c(=O)[nH]1. The number of rotatable bonds is 3. The van der Waals surface area contributed by atoms with E-state index in [1.807, 2.05) is 5.32 Å². The van der Waals surface area contributed by atoms with E-state index in [9.17, 15) is 18.4 Å². The smallest absolute Gasteiger partial charge is 0.264 e. The Labute approximate surface area is 116 Å². The molecule has 0 bridgehead atoms. The predicted octanol–water partition coefficient (Wildman–Crippen LogP) is 2.02. The first-order valence-electron chi connectivity index (χ1n) is 5.41. The van der Waals surface area contributed by atoms with E-state index in [1.165, 1.54) is 17.8 Å². The van der Waals surface area contributed by atoms with Crippen LogP contribution in [0.2, 0.25) is 0 Å². The van der Waals surface area contributed by atoms with Crippen molar-refractivity contribution in [1.82, 2.24) is 9.97 Å². The maximum Gasteiger partial charge on any atom is 0.264 e. The summed E-state index contributed by atoms with van der Waals surface area (Å²) in [6.45, 7) is 0. The third kappa shape index (κ3) is 2.85. The summed E-state index contributed by atoms with van der Waals surface area (Å²) in [7, 11) is 0. The minimum absolute atomic E-state index is 0.328. The molecular weight excluding hydrogens is 288 g/mol. The van der Waals surface area contributed by atoms with Crippen molar-refractivity contribution in [3.05, 3.63) is 51.9 Å². The fourth-order valence-electron chi connectivity index (χ4n) is 1.44. The summed E-state index contributed by atoms with van der Waals surface area (Å²) in [5.41, 5.74) is -1.62. The first kappa shape index (κ1) is 14.2. The van der Waals surface area contributed by atoms with Crippen molar-refractivity contribution in [2.45, 2.75) is 5.16 Å². The Morgan fingerprint density at radius 3 is 2.55 bits per heavy atom. The number of hydrogen-bond donors (Lipinski definition) is 2. The standard InChI is InChI=1S/C12H9F2N3O2S/c1-20-12-15-5-6(11(19)17-12)10(18)16-9-7(13)3-2-4-8(9)14/h2-5H,1H3,(H,16,18)(H,15,17,19). The summed E-state index contributed by atoms with van der Waals surface area (Å²) in [4.78, 5) is 29.7.